The monoisotopic (exact) mass is 355 g/mol. The average Bonchev–Trinajstić information content (AvgIpc) is 2.66. The van der Waals surface area contributed by atoms with Crippen molar-refractivity contribution in [3.63, 3.8) is 0 Å². The van der Waals surface area contributed by atoms with Crippen molar-refractivity contribution < 1.29 is 9.53 Å². The fourth-order valence-corrected chi connectivity index (χ4v) is 2.76. The van der Waals surface area contributed by atoms with Crippen molar-refractivity contribution in [2.75, 3.05) is 12.4 Å². The zero-order chi connectivity index (χ0) is 18.8. The third-order valence-corrected chi connectivity index (χ3v) is 4.23. The van der Waals surface area contributed by atoms with Crippen LogP contribution in [0.15, 0.2) is 54.6 Å². The molecule has 2 unspecified atom stereocenters. The molecule has 2 aromatic rings. The van der Waals surface area contributed by atoms with Crippen molar-refractivity contribution in [2.45, 2.75) is 45.3 Å². The predicted molar refractivity (Wildman–Crippen MR) is 106 cm³/mol. The highest BCUT2D eigenvalue weighted by atomic mass is 16.5. The number of hydrogen-bond donors (Lipinski definition) is 3. The van der Waals surface area contributed by atoms with E-state index in [1.807, 2.05) is 48.5 Å². The minimum atomic E-state index is -0.206. The van der Waals surface area contributed by atoms with Gasteiger partial charge in [-0.1, -0.05) is 50.1 Å². The number of nitrogens with one attached hydrogen (secondary N) is 3. The van der Waals surface area contributed by atoms with Crippen molar-refractivity contribution in [3.8, 4) is 5.75 Å². The normalized spacial score (nSPS) is 12.9. The molecule has 5 nitrogen and oxygen atoms in total. The molecule has 0 radical (unpaired) electrons. The molecule has 2 rings (SSSR count). The first-order valence-electron chi connectivity index (χ1n) is 9.15. The Kier molecular flexibility index (Phi) is 7.96. The molecule has 0 aliphatic carbocycles. The molecule has 3 N–H and O–H groups in total. The molecule has 26 heavy (non-hydrogen) atoms. The molecule has 0 saturated carbocycles. The van der Waals surface area contributed by atoms with Crippen molar-refractivity contribution in [1.29, 1.82) is 0 Å². The molecule has 0 fully saturated rings. The van der Waals surface area contributed by atoms with Gasteiger partial charge in [0.1, 0.15) is 5.75 Å². The Balaban J connectivity index is 1.97. The quantitative estimate of drug-likeness (QED) is 0.572. The number of unbranched alkanes of at least 4 members (excludes halogenated alkanes) is 1. The molecule has 140 valence electrons. The Bertz CT molecular complexity index is 676. The van der Waals surface area contributed by atoms with E-state index in [0.29, 0.717) is 0 Å². The van der Waals surface area contributed by atoms with Crippen LogP contribution in [-0.2, 0) is 0 Å². The SMILES string of the molecule is CCCCC(NC(=O)Nc1ccccc1)NC(C)c1cccc(OC)c1. The molecular formula is C21H29N3O2. The Morgan fingerprint density at radius 1 is 1.12 bits per heavy atom. The third kappa shape index (κ3) is 6.41. The fraction of sp³-hybridized carbons (Fsp3) is 0.381. The first-order valence-corrected chi connectivity index (χ1v) is 9.15. The maximum absolute atomic E-state index is 12.3. The number of carbonyl (C=O) groups is 1. The van der Waals surface area contributed by atoms with Crippen LogP contribution in [0.2, 0.25) is 0 Å². The highest BCUT2D eigenvalue weighted by Gasteiger charge is 2.16. The molecule has 0 aliphatic heterocycles. The molecule has 2 amide bonds. The van der Waals surface area contributed by atoms with Crippen LogP contribution in [0.5, 0.6) is 5.75 Å². The van der Waals surface area contributed by atoms with Gasteiger partial charge in [0.25, 0.3) is 0 Å². The first-order chi connectivity index (χ1) is 12.6. The van der Waals surface area contributed by atoms with E-state index in [0.717, 1.165) is 36.3 Å². The van der Waals surface area contributed by atoms with Gasteiger partial charge in [-0.15, -0.1) is 0 Å². The minimum Gasteiger partial charge on any atom is -0.497 e. The number of anilines is 1. The summed E-state index contributed by atoms with van der Waals surface area (Å²) < 4.78 is 5.30. The van der Waals surface area contributed by atoms with Crippen LogP contribution in [0.4, 0.5) is 10.5 Å². The topological polar surface area (TPSA) is 62.4 Å². The number of rotatable bonds is 9. The summed E-state index contributed by atoms with van der Waals surface area (Å²) in [7, 11) is 1.66. The van der Waals surface area contributed by atoms with Crippen molar-refractivity contribution >= 4 is 11.7 Å². The lowest BCUT2D eigenvalue weighted by Gasteiger charge is -2.25. The number of urea groups is 1. The number of hydrogen-bond acceptors (Lipinski definition) is 3. The van der Waals surface area contributed by atoms with Gasteiger partial charge in [0.2, 0.25) is 0 Å². The van der Waals surface area contributed by atoms with Gasteiger partial charge in [0.05, 0.1) is 13.3 Å². The summed E-state index contributed by atoms with van der Waals surface area (Å²) in [6, 6.07) is 17.3. The average molecular weight is 355 g/mol. The molecule has 0 bridgehead atoms. The number of methoxy groups -OCH3 is 1. The Labute approximate surface area is 156 Å². The summed E-state index contributed by atoms with van der Waals surface area (Å²) in [5, 5.41) is 9.42. The molecule has 0 saturated heterocycles. The lowest BCUT2D eigenvalue weighted by Crippen LogP contribution is -2.47. The largest absolute Gasteiger partial charge is 0.497 e. The van der Waals surface area contributed by atoms with Crippen LogP contribution in [-0.4, -0.2) is 19.3 Å². The molecule has 2 aromatic carbocycles. The number of ether oxygens (including phenoxy) is 1. The van der Waals surface area contributed by atoms with Gasteiger partial charge in [-0.25, -0.2) is 4.79 Å². The van der Waals surface area contributed by atoms with E-state index in [9.17, 15) is 4.79 Å². The predicted octanol–water partition coefficient (Wildman–Crippen LogP) is 4.68. The van der Waals surface area contributed by atoms with Gasteiger partial charge in [0, 0.05) is 11.7 Å². The molecule has 5 heteroatoms. The summed E-state index contributed by atoms with van der Waals surface area (Å²) in [6.07, 6.45) is 2.87. The molecule has 0 aromatic heterocycles. The van der Waals surface area contributed by atoms with Gasteiger partial charge in [0.15, 0.2) is 0 Å². The Morgan fingerprint density at radius 2 is 1.88 bits per heavy atom. The summed E-state index contributed by atoms with van der Waals surface area (Å²) in [5.74, 6) is 0.830. The molecule has 2 atom stereocenters. The maximum Gasteiger partial charge on any atom is 0.320 e. The van der Waals surface area contributed by atoms with Gasteiger partial charge in [-0.05, 0) is 43.2 Å². The second-order valence-corrected chi connectivity index (χ2v) is 6.32. The summed E-state index contributed by atoms with van der Waals surface area (Å²) in [5.41, 5.74) is 1.90. The molecular weight excluding hydrogens is 326 g/mol. The molecule has 0 heterocycles. The van der Waals surface area contributed by atoms with Crippen molar-refractivity contribution in [3.05, 3.63) is 60.2 Å². The van der Waals surface area contributed by atoms with E-state index in [1.54, 1.807) is 7.11 Å². The summed E-state index contributed by atoms with van der Waals surface area (Å²) in [4.78, 5) is 12.3. The Hall–Kier alpha value is -2.53. The van der Waals surface area contributed by atoms with E-state index in [2.05, 4.69) is 35.9 Å². The smallest absolute Gasteiger partial charge is 0.320 e. The van der Waals surface area contributed by atoms with Crippen LogP contribution in [0.3, 0.4) is 0 Å². The standard InChI is InChI=1S/C21H29N3O2/c1-4-5-14-20(24-21(25)23-18-11-7-6-8-12-18)22-16(2)17-10-9-13-19(15-17)26-3/h6-13,15-16,20,22H,4-5,14H2,1-3H3,(H2,23,24,25). The van der Waals surface area contributed by atoms with Crippen LogP contribution < -0.4 is 20.7 Å². The highest BCUT2D eigenvalue weighted by Crippen LogP contribution is 2.19. The lowest BCUT2D eigenvalue weighted by molar-refractivity contribution is 0.242. The summed E-state index contributed by atoms with van der Waals surface area (Å²) in [6.45, 7) is 4.23. The van der Waals surface area contributed by atoms with Crippen LogP contribution >= 0.6 is 0 Å². The fourth-order valence-electron chi connectivity index (χ4n) is 2.76. The number of amides is 2. The minimum absolute atomic E-state index is 0.0870. The molecule has 0 spiro atoms. The van der Waals surface area contributed by atoms with Gasteiger partial charge in [-0.2, -0.15) is 0 Å². The zero-order valence-corrected chi connectivity index (χ0v) is 15.8. The van der Waals surface area contributed by atoms with Gasteiger partial charge >= 0.3 is 6.03 Å². The summed E-state index contributed by atoms with van der Waals surface area (Å²) >= 11 is 0. The second kappa shape index (κ2) is 10.5. The first kappa shape index (κ1) is 19.8. The van der Waals surface area contributed by atoms with Gasteiger partial charge < -0.3 is 15.4 Å². The van der Waals surface area contributed by atoms with Crippen LogP contribution in [0, 0.1) is 0 Å². The van der Waals surface area contributed by atoms with Crippen LogP contribution in [0.1, 0.15) is 44.7 Å². The lowest BCUT2D eigenvalue weighted by atomic mass is 10.1. The Morgan fingerprint density at radius 3 is 2.58 bits per heavy atom. The van der Waals surface area contributed by atoms with Gasteiger partial charge in [-0.3, -0.25) is 5.32 Å². The number of carbonyl (C=O) groups excluding carboxylic acids is 1. The second-order valence-electron chi connectivity index (χ2n) is 6.32. The number of para-hydroxylation sites is 1. The van der Waals surface area contributed by atoms with E-state index in [1.165, 1.54) is 0 Å². The zero-order valence-electron chi connectivity index (χ0n) is 15.8. The van der Waals surface area contributed by atoms with Crippen molar-refractivity contribution in [1.82, 2.24) is 10.6 Å². The van der Waals surface area contributed by atoms with E-state index in [-0.39, 0.29) is 18.2 Å². The van der Waals surface area contributed by atoms with E-state index in [4.69, 9.17) is 4.74 Å². The molecule has 0 aliphatic rings. The van der Waals surface area contributed by atoms with E-state index < -0.39 is 0 Å². The maximum atomic E-state index is 12.3. The van der Waals surface area contributed by atoms with Crippen LogP contribution in [0.25, 0.3) is 0 Å². The highest BCUT2D eigenvalue weighted by molar-refractivity contribution is 5.89. The van der Waals surface area contributed by atoms with E-state index >= 15 is 0 Å². The number of benzene rings is 2. The van der Waals surface area contributed by atoms with Crippen molar-refractivity contribution in [2.24, 2.45) is 0 Å². The third-order valence-electron chi connectivity index (χ3n) is 4.23.